The van der Waals surface area contributed by atoms with Crippen molar-refractivity contribution in [3.63, 3.8) is 0 Å². The molecule has 0 unspecified atom stereocenters. The number of carbonyl (C=O) groups is 6. The first-order valence-corrected chi connectivity index (χ1v) is 6.85. The van der Waals surface area contributed by atoms with E-state index in [1.807, 2.05) is 0 Å². The van der Waals surface area contributed by atoms with Gasteiger partial charge in [0.1, 0.15) is 0 Å². The fourth-order valence-electron chi connectivity index (χ4n) is 0.810. The van der Waals surface area contributed by atoms with Crippen LogP contribution in [0.2, 0.25) is 0 Å². The molecule has 0 aliphatic heterocycles. The molecule has 0 saturated heterocycles. The van der Waals surface area contributed by atoms with E-state index < -0.39 is 72.4 Å². The molecule has 0 aromatic heterocycles. The van der Waals surface area contributed by atoms with Gasteiger partial charge in [0.05, 0.1) is 0 Å². The number of rotatable bonds is 9. The lowest BCUT2D eigenvalue weighted by Gasteiger charge is -2.07. The first-order chi connectivity index (χ1) is 13.4. The summed E-state index contributed by atoms with van der Waals surface area (Å²) in [6.45, 7) is 0. The lowest BCUT2D eigenvalue weighted by Crippen LogP contribution is -2.39. The lowest BCUT2D eigenvalue weighted by molar-refractivity contribution is -0.165. The average molecular weight is 450 g/mol. The normalized spacial score (nSPS) is 15.8. The Kier molecular flexibility index (Phi) is 15.2. The van der Waals surface area contributed by atoms with Crippen LogP contribution < -0.4 is 0 Å². The van der Waals surface area contributed by atoms with Gasteiger partial charge in [-0.2, -0.15) is 0 Å². The van der Waals surface area contributed by atoms with Gasteiger partial charge in [-0.05, 0) is 0 Å². The van der Waals surface area contributed by atoms with E-state index in [1.54, 1.807) is 0 Å². The summed E-state index contributed by atoms with van der Waals surface area (Å²) >= 11 is 0. The Morgan fingerprint density at radius 3 is 0.400 bits per heavy atom. The minimum absolute atomic E-state index is 1.77. The van der Waals surface area contributed by atoms with Gasteiger partial charge in [0, 0.05) is 0 Å². The van der Waals surface area contributed by atoms with Crippen LogP contribution in [0, 0.1) is 0 Å². The maximum Gasteiger partial charge on any atom is 0.335 e. The Hall–Kier alpha value is -3.42. The molecule has 0 fully saturated rings. The van der Waals surface area contributed by atoms with Crippen molar-refractivity contribution in [3.05, 3.63) is 0 Å². The van der Waals surface area contributed by atoms with Gasteiger partial charge in [-0.1, -0.05) is 0 Å². The second-order valence-electron chi connectivity index (χ2n) is 4.70. The Bertz CT molecular complexity index is 487. The van der Waals surface area contributed by atoms with Gasteiger partial charge in [0.15, 0.2) is 36.6 Å². The summed E-state index contributed by atoms with van der Waals surface area (Å²) in [5.74, 6) is -10.6. The van der Waals surface area contributed by atoms with Crippen LogP contribution in [0.4, 0.5) is 0 Å². The fourth-order valence-corrected chi connectivity index (χ4v) is 0.810. The number of aliphatic carboxylic acids is 6. The molecular formula is C12H18O18. The predicted molar refractivity (Wildman–Crippen MR) is 81.9 cm³/mol. The SMILES string of the molecule is O=C(O)[C@@H](O)[C@@H](O)C(=O)O.O=C(O)[C@@H](O)[C@H](O)C(=O)O.O=C(O)[C@H](O)[C@@H](O)C(=O)O. The molecule has 18 heteroatoms. The van der Waals surface area contributed by atoms with Crippen molar-refractivity contribution in [1.29, 1.82) is 0 Å². The number of carboxylic acids is 6. The van der Waals surface area contributed by atoms with Gasteiger partial charge in [-0.3, -0.25) is 0 Å². The van der Waals surface area contributed by atoms with Crippen molar-refractivity contribution in [1.82, 2.24) is 0 Å². The molecule has 0 bridgehead atoms. The van der Waals surface area contributed by atoms with Crippen LogP contribution in [0.1, 0.15) is 0 Å². The van der Waals surface area contributed by atoms with Crippen molar-refractivity contribution in [2.24, 2.45) is 0 Å². The van der Waals surface area contributed by atoms with E-state index in [-0.39, 0.29) is 0 Å². The molecule has 0 radical (unpaired) electrons. The summed E-state index contributed by atoms with van der Waals surface area (Å²) in [4.78, 5) is 58.6. The predicted octanol–water partition coefficient (Wildman–Crippen LogP) is -6.37. The van der Waals surface area contributed by atoms with E-state index in [1.165, 1.54) is 0 Å². The van der Waals surface area contributed by atoms with Crippen LogP contribution in [-0.2, 0) is 28.8 Å². The molecule has 18 nitrogen and oxygen atoms in total. The highest BCUT2D eigenvalue weighted by Gasteiger charge is 2.30. The standard InChI is InChI=1S/3C4H6O6/c3*5-1(3(7)8)2(6)4(9)10/h3*1-2,5-6H,(H,7,8)(H,9,10)/t1-,2+;2*1-,2-/m.10/s1. The second kappa shape index (κ2) is 14.6. The van der Waals surface area contributed by atoms with Gasteiger partial charge in [0.25, 0.3) is 0 Å². The highest BCUT2D eigenvalue weighted by molar-refractivity contribution is 5.84. The number of aliphatic hydroxyl groups excluding tert-OH is 6. The van der Waals surface area contributed by atoms with Crippen molar-refractivity contribution in [2.75, 3.05) is 0 Å². The monoisotopic (exact) mass is 450 g/mol. The molecular weight excluding hydrogens is 432 g/mol. The summed E-state index contributed by atoms with van der Waals surface area (Å²) in [5, 5.41) is 97.6. The minimum atomic E-state index is -2.27. The second-order valence-corrected chi connectivity index (χ2v) is 4.70. The van der Waals surface area contributed by atoms with Crippen molar-refractivity contribution < 1.29 is 90.0 Å². The van der Waals surface area contributed by atoms with E-state index in [4.69, 9.17) is 61.3 Å². The van der Waals surface area contributed by atoms with Crippen LogP contribution in [0.3, 0.4) is 0 Å². The van der Waals surface area contributed by atoms with Crippen molar-refractivity contribution in [3.8, 4) is 0 Å². The third kappa shape index (κ3) is 12.9. The smallest absolute Gasteiger partial charge is 0.335 e. The molecule has 0 spiro atoms. The van der Waals surface area contributed by atoms with E-state index in [9.17, 15) is 28.8 Å². The third-order valence-electron chi connectivity index (χ3n) is 2.42. The van der Waals surface area contributed by atoms with E-state index in [0.29, 0.717) is 0 Å². The van der Waals surface area contributed by atoms with Crippen LogP contribution in [-0.4, -0.2) is 134 Å². The zero-order valence-corrected chi connectivity index (χ0v) is 14.3. The summed E-state index contributed by atoms with van der Waals surface area (Å²) in [7, 11) is 0. The summed E-state index contributed by atoms with van der Waals surface area (Å²) in [6.07, 6.45) is -13.6. The molecule has 6 atom stereocenters. The number of aliphatic hydroxyl groups is 6. The fraction of sp³-hybridized carbons (Fsp3) is 0.500. The molecule has 12 N–H and O–H groups in total. The van der Waals surface area contributed by atoms with Gasteiger partial charge in [0.2, 0.25) is 0 Å². The highest BCUT2D eigenvalue weighted by Crippen LogP contribution is 1.94. The number of hydrogen-bond donors (Lipinski definition) is 12. The maximum atomic E-state index is 9.77. The molecule has 0 aliphatic carbocycles. The first-order valence-electron chi connectivity index (χ1n) is 6.85. The Labute approximate surface area is 163 Å². The lowest BCUT2D eigenvalue weighted by atomic mass is 10.2. The zero-order chi connectivity index (χ0) is 24.9. The van der Waals surface area contributed by atoms with Crippen LogP contribution in [0.25, 0.3) is 0 Å². The Morgan fingerprint density at radius 2 is 0.367 bits per heavy atom. The van der Waals surface area contributed by atoms with Gasteiger partial charge in [-0.15, -0.1) is 0 Å². The van der Waals surface area contributed by atoms with E-state index in [2.05, 4.69) is 0 Å². The summed E-state index contributed by atoms with van der Waals surface area (Å²) in [6, 6.07) is 0. The van der Waals surface area contributed by atoms with Crippen LogP contribution >= 0.6 is 0 Å². The Morgan fingerprint density at radius 1 is 0.300 bits per heavy atom. The topological polar surface area (TPSA) is 345 Å². The molecule has 0 aromatic carbocycles. The average Bonchev–Trinajstić information content (AvgIpc) is 2.64. The van der Waals surface area contributed by atoms with Gasteiger partial charge >= 0.3 is 35.8 Å². The first kappa shape index (κ1) is 31.3. The summed E-state index contributed by atoms with van der Waals surface area (Å²) < 4.78 is 0. The van der Waals surface area contributed by atoms with E-state index in [0.717, 1.165) is 0 Å². The van der Waals surface area contributed by atoms with Gasteiger partial charge in [-0.25, -0.2) is 28.8 Å². The van der Waals surface area contributed by atoms with Gasteiger partial charge < -0.3 is 61.3 Å². The van der Waals surface area contributed by atoms with Crippen LogP contribution in [0.5, 0.6) is 0 Å². The molecule has 0 aromatic rings. The molecule has 0 aliphatic rings. The number of carboxylic acid groups (broad SMARTS) is 6. The van der Waals surface area contributed by atoms with Crippen LogP contribution in [0.15, 0.2) is 0 Å². The molecule has 0 amide bonds. The third-order valence-corrected chi connectivity index (χ3v) is 2.42. The van der Waals surface area contributed by atoms with E-state index >= 15 is 0 Å². The quantitative estimate of drug-likeness (QED) is 0.155. The zero-order valence-electron chi connectivity index (χ0n) is 14.3. The molecule has 174 valence electrons. The van der Waals surface area contributed by atoms with Crippen molar-refractivity contribution >= 4 is 35.8 Å². The molecule has 0 heterocycles. The van der Waals surface area contributed by atoms with Crippen molar-refractivity contribution in [2.45, 2.75) is 36.6 Å². The molecule has 0 rings (SSSR count). The summed E-state index contributed by atoms with van der Waals surface area (Å²) in [5.41, 5.74) is 0. The number of hydrogen-bond acceptors (Lipinski definition) is 12. The minimum Gasteiger partial charge on any atom is -0.479 e. The Balaban J connectivity index is -0.000000364. The largest absolute Gasteiger partial charge is 0.479 e. The molecule has 30 heavy (non-hydrogen) atoms. The highest BCUT2D eigenvalue weighted by atomic mass is 16.5. The maximum absolute atomic E-state index is 9.77. The molecule has 0 saturated carbocycles.